The monoisotopic (exact) mass is 266 g/mol. The number of rotatable bonds is 0. The maximum absolute atomic E-state index is 8.58. The van der Waals surface area contributed by atoms with E-state index in [0.29, 0.717) is 0 Å². The Morgan fingerprint density at radius 1 is 0.500 bits per heavy atom. The van der Waals surface area contributed by atoms with Crippen LogP contribution in [0, 0.1) is 61.4 Å². The Hall–Kier alpha value is -2.02. The van der Waals surface area contributed by atoms with Gasteiger partial charge in [-0.15, -0.1) is 0 Å². The Labute approximate surface area is 89.2 Å². The molecule has 0 bridgehead atoms. The average Bonchev–Trinajstić information content (AvgIpc) is 2.26. The van der Waals surface area contributed by atoms with Crippen LogP contribution >= 0.6 is 0 Å². The second kappa shape index (κ2) is 3.04. The Morgan fingerprint density at radius 2 is 0.643 bits per heavy atom. The third kappa shape index (κ3) is 1.03. The summed E-state index contributed by atoms with van der Waals surface area (Å²) in [5.41, 5.74) is 0. The predicted octanol–water partition coefficient (Wildman–Crippen LogP) is 0.0957. The van der Waals surface area contributed by atoms with Crippen molar-refractivity contribution in [3.8, 4) is 29.8 Å². The first kappa shape index (κ1) is 14.5. The van der Waals surface area contributed by atoms with E-state index in [4.69, 9.17) is 31.6 Å². The molecule has 0 spiro atoms. The maximum atomic E-state index is 8.58. The number of hydrogen-bond acceptors (Lipinski definition) is 6. The summed E-state index contributed by atoms with van der Waals surface area (Å²) in [6.45, 7) is 0. The van der Waals surface area contributed by atoms with Crippen molar-refractivity contribution in [1.82, 2.24) is 0 Å². The van der Waals surface area contributed by atoms with E-state index in [1.807, 2.05) is 0 Å². The van der Waals surface area contributed by atoms with Gasteiger partial charge in [-0.05, 0) is 0 Å². The fourth-order valence-electron chi connectivity index (χ4n) is 0.283. The summed E-state index contributed by atoms with van der Waals surface area (Å²) in [6.07, 6.45) is 0. The first-order valence-corrected chi connectivity index (χ1v) is 6.02. The minimum absolute atomic E-state index is 0. The summed E-state index contributed by atoms with van der Waals surface area (Å²) >= 11 is 0. The van der Waals surface area contributed by atoms with Gasteiger partial charge >= 0.3 is 89.2 Å². The average molecular weight is 266 g/mol. The third-order valence-corrected chi connectivity index (χ3v) is 5.23. The minimum Gasteiger partial charge on any atom is 2.00 e. The molecule has 0 unspecified atom stereocenters. The summed E-state index contributed by atoms with van der Waals surface area (Å²) in [4.78, 5) is 6.25. The minimum atomic E-state index is -6.30. The van der Waals surface area contributed by atoms with E-state index in [2.05, 4.69) is 0 Å². The van der Waals surface area contributed by atoms with Gasteiger partial charge in [-0.3, -0.25) is 0 Å². The van der Waals surface area contributed by atoms with Gasteiger partial charge in [0.1, 0.15) is 0 Å². The molecule has 0 aliphatic rings. The van der Waals surface area contributed by atoms with Crippen molar-refractivity contribution >= 4 is 0 Å². The normalized spacial score (nSPS) is 12.4. The first-order chi connectivity index (χ1) is 5.97. The van der Waals surface area contributed by atoms with E-state index in [9.17, 15) is 0 Å². The Morgan fingerprint density at radius 3 is 0.643 bits per heavy atom. The van der Waals surface area contributed by atoms with Gasteiger partial charge in [-0.25, -0.2) is 0 Å². The van der Waals surface area contributed by atoms with Crippen molar-refractivity contribution in [2.24, 2.45) is 0 Å². The Kier molecular flexibility index (Phi) is 3.14. The standard InChI is InChI=1S/6CN.2Mn/c6*1-2;;/q;;;;;;-2;+2. The van der Waals surface area contributed by atoms with Crippen LogP contribution in [0.5, 0.6) is 0 Å². The fourth-order valence-corrected chi connectivity index (χ4v) is 1.17. The van der Waals surface area contributed by atoms with Crippen LogP contribution < -0.4 is 0 Å². The van der Waals surface area contributed by atoms with Gasteiger partial charge in [0.05, 0.1) is 0 Å². The van der Waals surface area contributed by atoms with Gasteiger partial charge in [0, 0.05) is 0 Å². The number of nitriles is 6. The molecule has 0 amide bonds. The van der Waals surface area contributed by atoms with Crippen molar-refractivity contribution in [3.05, 3.63) is 0 Å². The maximum Gasteiger partial charge on any atom is 2.00 e. The third-order valence-electron chi connectivity index (χ3n) is 1.27. The quantitative estimate of drug-likeness (QED) is 0.568. The van der Waals surface area contributed by atoms with Gasteiger partial charge < -0.3 is 0 Å². The predicted molar refractivity (Wildman–Crippen MR) is 33.7 cm³/mol. The van der Waals surface area contributed by atoms with Crippen LogP contribution in [0.1, 0.15) is 0 Å². The van der Waals surface area contributed by atoms with E-state index in [0.717, 1.165) is 29.8 Å². The van der Waals surface area contributed by atoms with Crippen molar-refractivity contribution in [2.75, 3.05) is 0 Å². The molecule has 0 heterocycles. The van der Waals surface area contributed by atoms with E-state index in [1.54, 1.807) is 0 Å². The van der Waals surface area contributed by atoms with Gasteiger partial charge in [0.25, 0.3) is 0 Å². The molecule has 14 heavy (non-hydrogen) atoms. The van der Waals surface area contributed by atoms with Gasteiger partial charge in [0.2, 0.25) is 0 Å². The van der Waals surface area contributed by atoms with Crippen LogP contribution in [0.4, 0.5) is 0 Å². The zero-order valence-corrected chi connectivity index (χ0v) is 8.80. The van der Waals surface area contributed by atoms with E-state index in [-0.39, 0.29) is 17.1 Å². The van der Waals surface area contributed by atoms with Gasteiger partial charge in [-0.2, -0.15) is 0 Å². The SMILES string of the molecule is N#[C][Mn-2]([C]#N)([C]#N)([C]#N)([C]#N)[C]#N.[Mn+2]. The summed E-state index contributed by atoms with van der Waals surface area (Å²) < 4.78 is 0. The molecule has 0 aliphatic heterocycles. The summed E-state index contributed by atoms with van der Waals surface area (Å²) in [6, 6.07) is 0. The smallest absolute Gasteiger partial charge is 2.00 e. The molecule has 0 saturated carbocycles. The van der Waals surface area contributed by atoms with Crippen LogP contribution in [0.3, 0.4) is 0 Å². The number of nitrogens with zero attached hydrogens (tertiary/aromatic N) is 6. The second-order valence-corrected chi connectivity index (χ2v) is 7.93. The topological polar surface area (TPSA) is 143 Å². The molecule has 0 aliphatic carbocycles. The van der Waals surface area contributed by atoms with Crippen LogP contribution in [0.25, 0.3) is 0 Å². The molecule has 0 aromatic rings. The van der Waals surface area contributed by atoms with Gasteiger partial charge in [-0.1, -0.05) is 0 Å². The van der Waals surface area contributed by atoms with Crippen LogP contribution in [-0.2, 0) is 27.8 Å². The molecule has 1 radical (unpaired) electrons. The largest absolute Gasteiger partial charge is 2.00 e. The molecule has 0 aromatic carbocycles. The summed E-state index contributed by atoms with van der Waals surface area (Å²) in [7, 11) is -6.30. The van der Waals surface area contributed by atoms with Crippen molar-refractivity contribution in [1.29, 1.82) is 31.6 Å². The van der Waals surface area contributed by atoms with Crippen LogP contribution in [0.2, 0.25) is 0 Å². The van der Waals surface area contributed by atoms with Crippen molar-refractivity contribution in [3.63, 3.8) is 0 Å². The van der Waals surface area contributed by atoms with Crippen molar-refractivity contribution in [2.45, 2.75) is 0 Å². The van der Waals surface area contributed by atoms with Crippen LogP contribution in [-0.4, -0.2) is 0 Å². The number of hydrogen-bond donors (Lipinski definition) is 0. The van der Waals surface area contributed by atoms with E-state index in [1.165, 1.54) is 0 Å². The molecule has 0 aromatic heterocycles. The molecule has 0 N–H and O–H groups in total. The van der Waals surface area contributed by atoms with Gasteiger partial charge in [0.15, 0.2) is 0 Å². The molecule has 0 rings (SSSR count). The van der Waals surface area contributed by atoms with E-state index >= 15 is 0 Å². The summed E-state index contributed by atoms with van der Waals surface area (Å²) in [5.74, 6) is 0. The Bertz CT molecular complexity index is 390. The first-order valence-electron chi connectivity index (χ1n) is 2.48. The second-order valence-electron chi connectivity index (χ2n) is 1.92. The zero-order valence-electron chi connectivity index (χ0n) is 6.44. The molecule has 8 heteroatoms. The van der Waals surface area contributed by atoms with Crippen LogP contribution in [0.15, 0.2) is 0 Å². The molecule has 6 nitrogen and oxygen atoms in total. The molecule has 68 valence electrons. The molecule has 0 atom stereocenters. The molecular weight excluding hydrogens is 266 g/mol. The Balaban J connectivity index is 0. The molecule has 0 saturated heterocycles. The molecular formula is C6Mn2N6. The zero-order chi connectivity index (χ0) is 10.7. The molecule has 0 fully saturated rings. The van der Waals surface area contributed by atoms with E-state index < -0.39 is 10.7 Å². The summed E-state index contributed by atoms with van der Waals surface area (Å²) in [5, 5.41) is 51.5. The van der Waals surface area contributed by atoms with Crippen molar-refractivity contribution < 1.29 is 27.8 Å². The fraction of sp³-hybridized carbons (Fsp3) is 0.